The minimum atomic E-state index is 0.481. The summed E-state index contributed by atoms with van der Waals surface area (Å²) in [6, 6.07) is 17.1. The lowest BCUT2D eigenvalue weighted by atomic mass is 10.2. The molecule has 0 atom stereocenters. The Morgan fingerprint density at radius 1 is 0.810 bits per heavy atom. The molecule has 0 N–H and O–H groups in total. The molecule has 5 heteroatoms. The number of nitrogens with zero attached hydrogens (tertiary/aromatic N) is 2. The third kappa shape index (κ3) is 3.60. The number of rotatable bonds is 6. The van der Waals surface area contributed by atoms with Crippen molar-refractivity contribution in [3.8, 4) is 23.0 Å². The molecule has 0 aliphatic rings. The summed E-state index contributed by atoms with van der Waals surface area (Å²) >= 11 is 0. The van der Waals surface area contributed by atoms with Crippen molar-refractivity contribution in [3.05, 3.63) is 61.0 Å². The summed E-state index contributed by atoms with van der Waals surface area (Å²) < 4.78 is 16.3. The van der Waals surface area contributed by atoms with Gasteiger partial charge < -0.3 is 13.9 Å². The molecular formula is C16H14N2O3. The number of hydrogen-bond donors (Lipinski definition) is 0. The van der Waals surface area contributed by atoms with E-state index >= 15 is 0 Å². The van der Waals surface area contributed by atoms with E-state index in [2.05, 4.69) is 10.2 Å². The van der Waals surface area contributed by atoms with Gasteiger partial charge in [0.2, 0.25) is 12.3 Å². The van der Waals surface area contributed by atoms with Crippen LogP contribution in [0, 0.1) is 0 Å². The molecule has 0 aliphatic heterocycles. The monoisotopic (exact) mass is 282 g/mol. The average Bonchev–Trinajstić information content (AvgIpc) is 3.08. The maximum Gasteiger partial charge on any atom is 0.247 e. The van der Waals surface area contributed by atoms with Crippen LogP contribution in [-0.4, -0.2) is 23.4 Å². The molecule has 21 heavy (non-hydrogen) atoms. The highest BCUT2D eigenvalue weighted by Gasteiger charge is 2.03. The van der Waals surface area contributed by atoms with Gasteiger partial charge >= 0.3 is 0 Å². The van der Waals surface area contributed by atoms with E-state index in [0.29, 0.717) is 19.1 Å². The van der Waals surface area contributed by atoms with Crippen molar-refractivity contribution in [1.82, 2.24) is 10.2 Å². The Labute approximate surface area is 122 Å². The number of aromatic nitrogens is 2. The van der Waals surface area contributed by atoms with E-state index < -0.39 is 0 Å². The fraction of sp³-hybridized carbons (Fsp3) is 0.125. The first-order valence-electron chi connectivity index (χ1n) is 6.59. The minimum absolute atomic E-state index is 0.481. The van der Waals surface area contributed by atoms with Crippen LogP contribution in [0.4, 0.5) is 0 Å². The average molecular weight is 282 g/mol. The molecule has 2 aromatic carbocycles. The molecule has 0 amide bonds. The molecule has 3 aromatic rings. The topological polar surface area (TPSA) is 57.4 Å². The lowest BCUT2D eigenvalue weighted by molar-refractivity contribution is 0.217. The first-order valence-corrected chi connectivity index (χ1v) is 6.59. The van der Waals surface area contributed by atoms with Gasteiger partial charge in [0, 0.05) is 5.56 Å². The van der Waals surface area contributed by atoms with Crippen molar-refractivity contribution >= 4 is 0 Å². The van der Waals surface area contributed by atoms with Crippen LogP contribution in [0.3, 0.4) is 0 Å². The predicted molar refractivity (Wildman–Crippen MR) is 77.2 cm³/mol. The summed E-state index contributed by atoms with van der Waals surface area (Å²) in [5.74, 6) is 2.11. The second-order valence-corrected chi connectivity index (χ2v) is 4.28. The Kier molecular flexibility index (Phi) is 4.12. The fourth-order valence-corrected chi connectivity index (χ4v) is 1.83. The van der Waals surface area contributed by atoms with Gasteiger partial charge in [0.05, 0.1) is 0 Å². The molecule has 0 saturated heterocycles. The van der Waals surface area contributed by atoms with E-state index in [1.165, 1.54) is 6.39 Å². The molecule has 0 radical (unpaired) electrons. The van der Waals surface area contributed by atoms with Gasteiger partial charge in [0.25, 0.3) is 0 Å². The Morgan fingerprint density at radius 3 is 2.10 bits per heavy atom. The van der Waals surface area contributed by atoms with Gasteiger partial charge in [-0.3, -0.25) is 0 Å². The molecule has 1 heterocycles. The van der Waals surface area contributed by atoms with E-state index in [-0.39, 0.29) is 0 Å². The Hall–Kier alpha value is -2.82. The number of para-hydroxylation sites is 1. The zero-order chi connectivity index (χ0) is 14.3. The minimum Gasteiger partial charge on any atom is -0.490 e. The summed E-state index contributed by atoms with van der Waals surface area (Å²) in [5.41, 5.74) is 0.861. The smallest absolute Gasteiger partial charge is 0.247 e. The highest BCUT2D eigenvalue weighted by molar-refractivity contribution is 5.53. The Morgan fingerprint density at radius 2 is 1.48 bits per heavy atom. The van der Waals surface area contributed by atoms with Gasteiger partial charge in [-0.05, 0) is 36.4 Å². The van der Waals surface area contributed by atoms with Crippen LogP contribution in [-0.2, 0) is 0 Å². The zero-order valence-corrected chi connectivity index (χ0v) is 11.3. The van der Waals surface area contributed by atoms with E-state index in [9.17, 15) is 0 Å². The second-order valence-electron chi connectivity index (χ2n) is 4.28. The molecular weight excluding hydrogens is 268 g/mol. The Bertz CT molecular complexity index is 652. The number of hydrogen-bond acceptors (Lipinski definition) is 5. The van der Waals surface area contributed by atoms with Crippen molar-refractivity contribution in [3.63, 3.8) is 0 Å². The van der Waals surface area contributed by atoms with Gasteiger partial charge in [0.15, 0.2) is 0 Å². The third-order valence-corrected chi connectivity index (χ3v) is 2.83. The lowest BCUT2D eigenvalue weighted by Crippen LogP contribution is -2.08. The molecule has 0 saturated carbocycles. The van der Waals surface area contributed by atoms with Crippen LogP contribution in [0.5, 0.6) is 11.5 Å². The summed E-state index contributed by atoms with van der Waals surface area (Å²) in [4.78, 5) is 0. The highest BCUT2D eigenvalue weighted by atomic mass is 16.5. The van der Waals surface area contributed by atoms with Crippen LogP contribution in [0.25, 0.3) is 11.5 Å². The maximum absolute atomic E-state index is 5.61. The van der Waals surface area contributed by atoms with Crippen molar-refractivity contribution in [1.29, 1.82) is 0 Å². The van der Waals surface area contributed by atoms with Gasteiger partial charge in [0.1, 0.15) is 24.7 Å². The second kappa shape index (κ2) is 6.56. The number of ether oxygens (including phenoxy) is 2. The lowest BCUT2D eigenvalue weighted by Gasteiger charge is -2.08. The third-order valence-electron chi connectivity index (χ3n) is 2.83. The van der Waals surface area contributed by atoms with Crippen LogP contribution in [0.1, 0.15) is 0 Å². The van der Waals surface area contributed by atoms with Gasteiger partial charge in [-0.1, -0.05) is 18.2 Å². The van der Waals surface area contributed by atoms with Crippen molar-refractivity contribution < 1.29 is 13.9 Å². The quantitative estimate of drug-likeness (QED) is 0.650. The van der Waals surface area contributed by atoms with E-state index in [0.717, 1.165) is 17.1 Å². The summed E-state index contributed by atoms with van der Waals surface area (Å²) in [6.07, 6.45) is 1.31. The van der Waals surface area contributed by atoms with E-state index in [1.54, 1.807) is 0 Å². The summed E-state index contributed by atoms with van der Waals surface area (Å²) in [5, 5.41) is 7.49. The van der Waals surface area contributed by atoms with Gasteiger partial charge in [-0.25, -0.2) is 0 Å². The molecule has 1 aromatic heterocycles. The van der Waals surface area contributed by atoms with Crippen LogP contribution < -0.4 is 9.47 Å². The maximum atomic E-state index is 5.61. The van der Waals surface area contributed by atoms with Crippen LogP contribution >= 0.6 is 0 Å². The molecule has 0 unspecified atom stereocenters. The first-order chi connectivity index (χ1) is 10.4. The first kappa shape index (κ1) is 13.2. The molecule has 0 fully saturated rings. The molecule has 0 spiro atoms. The summed E-state index contributed by atoms with van der Waals surface area (Å²) in [6.45, 7) is 0.976. The van der Waals surface area contributed by atoms with E-state index in [4.69, 9.17) is 13.9 Å². The van der Waals surface area contributed by atoms with Gasteiger partial charge in [-0.15, -0.1) is 10.2 Å². The normalized spacial score (nSPS) is 10.3. The highest BCUT2D eigenvalue weighted by Crippen LogP contribution is 2.20. The van der Waals surface area contributed by atoms with E-state index in [1.807, 2.05) is 54.6 Å². The number of benzene rings is 2. The molecule has 106 valence electrons. The molecule has 0 bridgehead atoms. The molecule has 5 nitrogen and oxygen atoms in total. The SMILES string of the molecule is c1ccc(OCCOc2ccc(-c3nnco3)cc2)cc1. The van der Waals surface area contributed by atoms with Crippen LogP contribution in [0.15, 0.2) is 65.4 Å². The largest absolute Gasteiger partial charge is 0.490 e. The van der Waals surface area contributed by atoms with Crippen molar-refractivity contribution in [2.24, 2.45) is 0 Å². The van der Waals surface area contributed by atoms with Crippen molar-refractivity contribution in [2.45, 2.75) is 0 Å². The predicted octanol–water partition coefficient (Wildman–Crippen LogP) is 3.19. The molecule has 0 aliphatic carbocycles. The summed E-state index contributed by atoms with van der Waals surface area (Å²) in [7, 11) is 0. The zero-order valence-electron chi connectivity index (χ0n) is 11.3. The Balaban J connectivity index is 1.47. The molecule has 3 rings (SSSR count). The van der Waals surface area contributed by atoms with Crippen LogP contribution in [0.2, 0.25) is 0 Å². The standard InChI is InChI=1S/C16H14N2O3/c1-2-4-14(5-3-1)19-10-11-20-15-8-6-13(7-9-15)16-18-17-12-21-16/h1-9,12H,10-11H2. The fourth-order valence-electron chi connectivity index (χ4n) is 1.83. The van der Waals surface area contributed by atoms with Gasteiger partial charge in [-0.2, -0.15) is 0 Å². The van der Waals surface area contributed by atoms with Crippen molar-refractivity contribution in [2.75, 3.05) is 13.2 Å².